The molecule has 0 radical (unpaired) electrons. The van der Waals surface area contributed by atoms with E-state index in [1.165, 1.54) is 25.7 Å². The zero-order valence-electron chi connectivity index (χ0n) is 8.85. The molecule has 1 N–H and O–H groups in total. The first kappa shape index (κ1) is 10.0. The molecule has 12 heavy (non-hydrogen) atoms. The first-order valence-electron chi connectivity index (χ1n) is 5.04. The van der Waals surface area contributed by atoms with Crippen LogP contribution in [0.4, 0.5) is 0 Å². The smallest absolute Gasteiger partial charge is 0.0620 e. The predicted molar refractivity (Wildman–Crippen MR) is 52.0 cm³/mol. The highest BCUT2D eigenvalue weighted by molar-refractivity contribution is 4.87. The number of hydrogen-bond donors (Lipinski definition) is 1. The van der Waals surface area contributed by atoms with E-state index in [0.29, 0.717) is 11.3 Å². The van der Waals surface area contributed by atoms with Gasteiger partial charge in [0, 0.05) is 0 Å². The SMILES string of the molecule is CC1(C)CCCC(C(C)(C)O)C1. The van der Waals surface area contributed by atoms with Gasteiger partial charge in [-0.3, -0.25) is 0 Å². The maximum atomic E-state index is 9.87. The van der Waals surface area contributed by atoms with Gasteiger partial charge in [0.15, 0.2) is 0 Å². The van der Waals surface area contributed by atoms with Crippen LogP contribution < -0.4 is 0 Å². The number of hydrogen-bond acceptors (Lipinski definition) is 1. The van der Waals surface area contributed by atoms with Crippen LogP contribution >= 0.6 is 0 Å². The van der Waals surface area contributed by atoms with Crippen LogP contribution in [0.15, 0.2) is 0 Å². The summed E-state index contributed by atoms with van der Waals surface area (Å²) < 4.78 is 0. The molecule has 0 saturated heterocycles. The molecular formula is C11H22O. The highest BCUT2D eigenvalue weighted by Gasteiger charge is 2.35. The van der Waals surface area contributed by atoms with E-state index in [1.54, 1.807) is 0 Å². The summed E-state index contributed by atoms with van der Waals surface area (Å²) in [5.74, 6) is 0.501. The molecule has 0 heterocycles. The van der Waals surface area contributed by atoms with E-state index >= 15 is 0 Å². The summed E-state index contributed by atoms with van der Waals surface area (Å²) in [4.78, 5) is 0. The average Bonchev–Trinajstić information content (AvgIpc) is 1.83. The summed E-state index contributed by atoms with van der Waals surface area (Å²) in [7, 11) is 0. The Labute approximate surface area is 76.2 Å². The maximum absolute atomic E-state index is 9.87. The molecule has 0 aromatic rings. The lowest BCUT2D eigenvalue weighted by molar-refractivity contribution is -0.0230. The molecule has 72 valence electrons. The molecule has 0 aromatic heterocycles. The second kappa shape index (κ2) is 3.02. The third-order valence-electron chi connectivity index (χ3n) is 3.20. The quantitative estimate of drug-likeness (QED) is 0.641. The molecule has 0 aromatic carbocycles. The van der Waals surface area contributed by atoms with Crippen LogP contribution in [-0.2, 0) is 0 Å². The minimum absolute atomic E-state index is 0.447. The van der Waals surface area contributed by atoms with Gasteiger partial charge in [0.1, 0.15) is 0 Å². The normalized spacial score (nSPS) is 30.2. The van der Waals surface area contributed by atoms with Crippen molar-refractivity contribution in [2.75, 3.05) is 0 Å². The Balaban J connectivity index is 2.58. The lowest BCUT2D eigenvalue weighted by Crippen LogP contribution is -2.37. The van der Waals surface area contributed by atoms with Crippen molar-refractivity contribution in [2.24, 2.45) is 11.3 Å². The van der Waals surface area contributed by atoms with Crippen molar-refractivity contribution in [1.29, 1.82) is 0 Å². The van der Waals surface area contributed by atoms with Crippen molar-refractivity contribution >= 4 is 0 Å². The minimum Gasteiger partial charge on any atom is -0.390 e. The Morgan fingerprint density at radius 2 is 1.92 bits per heavy atom. The van der Waals surface area contributed by atoms with Gasteiger partial charge in [-0.15, -0.1) is 0 Å². The van der Waals surface area contributed by atoms with Crippen molar-refractivity contribution in [3.63, 3.8) is 0 Å². The molecule has 1 rings (SSSR count). The zero-order chi connectivity index (χ0) is 9.41. The summed E-state index contributed by atoms with van der Waals surface area (Å²) in [6.07, 6.45) is 4.98. The standard InChI is InChI=1S/C11H22O/c1-10(2)7-5-6-9(8-10)11(3,4)12/h9,12H,5-8H2,1-4H3. The number of rotatable bonds is 1. The van der Waals surface area contributed by atoms with Gasteiger partial charge in [-0.25, -0.2) is 0 Å². The monoisotopic (exact) mass is 170 g/mol. The fourth-order valence-corrected chi connectivity index (χ4v) is 2.30. The molecule has 1 heteroatoms. The largest absolute Gasteiger partial charge is 0.390 e. The first-order chi connectivity index (χ1) is 5.31. The minimum atomic E-state index is -0.475. The van der Waals surface area contributed by atoms with Crippen molar-refractivity contribution in [3.05, 3.63) is 0 Å². The molecule has 1 nitrogen and oxygen atoms in total. The molecule has 0 spiro atoms. The van der Waals surface area contributed by atoms with Gasteiger partial charge in [0.25, 0.3) is 0 Å². The van der Waals surface area contributed by atoms with E-state index in [4.69, 9.17) is 0 Å². The van der Waals surface area contributed by atoms with Crippen LogP contribution in [0.2, 0.25) is 0 Å². The van der Waals surface area contributed by atoms with E-state index in [-0.39, 0.29) is 0 Å². The Hall–Kier alpha value is -0.0400. The van der Waals surface area contributed by atoms with Crippen LogP contribution in [0.3, 0.4) is 0 Å². The number of aliphatic hydroxyl groups is 1. The van der Waals surface area contributed by atoms with Crippen molar-refractivity contribution in [1.82, 2.24) is 0 Å². The summed E-state index contributed by atoms with van der Waals surface area (Å²) in [5.41, 5.74) is -0.0272. The molecule has 1 unspecified atom stereocenters. The van der Waals surface area contributed by atoms with Crippen molar-refractivity contribution in [2.45, 2.75) is 59.0 Å². The van der Waals surface area contributed by atoms with Crippen molar-refractivity contribution in [3.8, 4) is 0 Å². The van der Waals surface area contributed by atoms with E-state index < -0.39 is 5.60 Å². The summed E-state index contributed by atoms with van der Waals surface area (Å²) in [6, 6.07) is 0. The molecule has 1 saturated carbocycles. The highest BCUT2D eigenvalue weighted by atomic mass is 16.3. The van der Waals surface area contributed by atoms with E-state index in [2.05, 4.69) is 13.8 Å². The van der Waals surface area contributed by atoms with Gasteiger partial charge in [-0.2, -0.15) is 0 Å². The van der Waals surface area contributed by atoms with Crippen LogP contribution in [0.25, 0.3) is 0 Å². The van der Waals surface area contributed by atoms with Crippen LogP contribution in [0.1, 0.15) is 53.4 Å². The van der Waals surface area contributed by atoms with E-state index in [0.717, 1.165) is 0 Å². The summed E-state index contributed by atoms with van der Waals surface area (Å²) in [5, 5.41) is 9.87. The van der Waals surface area contributed by atoms with Crippen molar-refractivity contribution < 1.29 is 5.11 Å². The molecular weight excluding hydrogens is 148 g/mol. The Morgan fingerprint density at radius 1 is 1.33 bits per heavy atom. The molecule has 1 fully saturated rings. The third-order valence-corrected chi connectivity index (χ3v) is 3.20. The van der Waals surface area contributed by atoms with Gasteiger partial charge in [0.2, 0.25) is 0 Å². The molecule has 1 aliphatic rings. The van der Waals surface area contributed by atoms with E-state index in [9.17, 15) is 5.11 Å². The van der Waals surface area contributed by atoms with Crippen LogP contribution in [0, 0.1) is 11.3 Å². The molecule has 0 amide bonds. The fourth-order valence-electron chi connectivity index (χ4n) is 2.30. The average molecular weight is 170 g/mol. The topological polar surface area (TPSA) is 20.2 Å². The second-order valence-electron chi connectivity index (χ2n) is 5.61. The third kappa shape index (κ3) is 2.48. The lowest BCUT2D eigenvalue weighted by Gasteiger charge is -2.40. The Morgan fingerprint density at radius 3 is 2.25 bits per heavy atom. The Kier molecular flexibility index (Phi) is 2.53. The van der Waals surface area contributed by atoms with Gasteiger partial charge in [0.05, 0.1) is 5.60 Å². The fraction of sp³-hybridized carbons (Fsp3) is 1.00. The summed E-state index contributed by atoms with van der Waals surface area (Å²) >= 11 is 0. The predicted octanol–water partition coefficient (Wildman–Crippen LogP) is 2.97. The Bertz CT molecular complexity index is 150. The van der Waals surface area contributed by atoms with Gasteiger partial charge in [-0.05, 0) is 44.4 Å². The zero-order valence-corrected chi connectivity index (χ0v) is 8.85. The summed E-state index contributed by atoms with van der Waals surface area (Å²) in [6.45, 7) is 8.51. The molecule has 0 aliphatic heterocycles. The van der Waals surface area contributed by atoms with Gasteiger partial charge < -0.3 is 5.11 Å². The first-order valence-corrected chi connectivity index (χ1v) is 5.04. The van der Waals surface area contributed by atoms with Gasteiger partial charge in [-0.1, -0.05) is 20.3 Å². The van der Waals surface area contributed by atoms with Gasteiger partial charge >= 0.3 is 0 Å². The van der Waals surface area contributed by atoms with Crippen LogP contribution in [-0.4, -0.2) is 10.7 Å². The second-order valence-corrected chi connectivity index (χ2v) is 5.61. The highest BCUT2D eigenvalue weighted by Crippen LogP contribution is 2.42. The van der Waals surface area contributed by atoms with E-state index in [1.807, 2.05) is 13.8 Å². The lowest BCUT2D eigenvalue weighted by atomic mass is 9.67. The molecule has 1 atom stereocenters. The maximum Gasteiger partial charge on any atom is 0.0620 e. The molecule has 1 aliphatic carbocycles. The van der Waals surface area contributed by atoms with Crippen LogP contribution in [0.5, 0.6) is 0 Å². The molecule has 0 bridgehead atoms.